The summed E-state index contributed by atoms with van der Waals surface area (Å²) < 4.78 is 24.5. The molecule has 0 spiro atoms. The fraction of sp³-hybridized carbons (Fsp3) is 0.417. The third-order valence-electron chi connectivity index (χ3n) is 2.97. The number of nitrogen functional groups attached to an aromatic ring is 1. The molecule has 0 fully saturated rings. The van der Waals surface area contributed by atoms with Crippen molar-refractivity contribution >= 4 is 15.5 Å². The smallest absolute Gasteiger partial charge is 0.151 e. The largest absolute Gasteiger partial charge is 0.396 e. The molecule has 7 nitrogen and oxygen atoms in total. The summed E-state index contributed by atoms with van der Waals surface area (Å²) in [6, 6.07) is 0. The molecule has 0 unspecified atom stereocenters. The molecule has 2 rings (SSSR count). The average molecular weight is 295 g/mol. The zero-order valence-corrected chi connectivity index (χ0v) is 12.3. The van der Waals surface area contributed by atoms with Crippen molar-refractivity contribution in [2.24, 2.45) is 0 Å². The lowest BCUT2D eigenvalue weighted by molar-refractivity contribution is 0.582. The van der Waals surface area contributed by atoms with E-state index < -0.39 is 9.84 Å². The minimum Gasteiger partial charge on any atom is -0.396 e. The van der Waals surface area contributed by atoms with Gasteiger partial charge >= 0.3 is 0 Å². The summed E-state index contributed by atoms with van der Waals surface area (Å²) in [6.07, 6.45) is 4.79. The molecule has 2 N–H and O–H groups in total. The predicted octanol–water partition coefficient (Wildman–Crippen LogP) is 0.665. The molecule has 0 aromatic carbocycles. The first kappa shape index (κ1) is 14.4. The second kappa shape index (κ2) is 5.58. The molecule has 0 atom stereocenters. The first-order valence-electron chi connectivity index (χ1n) is 6.24. The van der Waals surface area contributed by atoms with Gasteiger partial charge in [0.1, 0.15) is 11.4 Å². The van der Waals surface area contributed by atoms with Crippen LogP contribution in [0, 0.1) is 6.92 Å². The molecule has 2 heterocycles. The van der Waals surface area contributed by atoms with Gasteiger partial charge in [-0.15, -0.1) is 0 Å². The maximum absolute atomic E-state index is 11.5. The van der Waals surface area contributed by atoms with E-state index in [1.165, 1.54) is 4.68 Å². The van der Waals surface area contributed by atoms with Crippen molar-refractivity contribution in [3.05, 3.63) is 24.3 Å². The SMILES string of the molecule is CCS(=O)(=O)CCn1cc(N)c(-c2nccnc2C)n1. The van der Waals surface area contributed by atoms with E-state index in [1.54, 1.807) is 25.5 Å². The minimum absolute atomic E-state index is 0.0451. The molecule has 0 radical (unpaired) electrons. The Hall–Kier alpha value is -1.96. The highest BCUT2D eigenvalue weighted by Crippen LogP contribution is 2.23. The molecule has 0 saturated heterocycles. The first-order chi connectivity index (χ1) is 9.43. The highest BCUT2D eigenvalue weighted by atomic mass is 32.2. The summed E-state index contributed by atoms with van der Waals surface area (Å²) >= 11 is 0. The van der Waals surface area contributed by atoms with Crippen molar-refractivity contribution in [1.29, 1.82) is 0 Å². The van der Waals surface area contributed by atoms with Crippen LogP contribution in [0.1, 0.15) is 12.6 Å². The lowest BCUT2D eigenvalue weighted by Crippen LogP contribution is -2.15. The first-order valence-corrected chi connectivity index (χ1v) is 8.06. The van der Waals surface area contributed by atoms with Crippen LogP contribution in [0.3, 0.4) is 0 Å². The summed E-state index contributed by atoms with van der Waals surface area (Å²) in [5.41, 5.74) is 8.25. The number of anilines is 1. The summed E-state index contributed by atoms with van der Waals surface area (Å²) in [4.78, 5) is 8.35. The number of rotatable bonds is 5. The van der Waals surface area contributed by atoms with E-state index in [0.717, 1.165) is 5.69 Å². The number of aromatic nitrogens is 4. The Kier molecular flexibility index (Phi) is 4.03. The molecular formula is C12H17N5O2S. The molecule has 0 amide bonds. The van der Waals surface area contributed by atoms with Gasteiger partial charge in [-0.3, -0.25) is 14.6 Å². The molecule has 20 heavy (non-hydrogen) atoms. The standard InChI is InChI=1S/C12H17N5O2S/c1-3-20(18,19)7-6-17-8-10(13)12(16-17)11-9(2)14-4-5-15-11/h4-5,8H,3,6-7,13H2,1-2H3. The van der Waals surface area contributed by atoms with E-state index >= 15 is 0 Å². The van der Waals surface area contributed by atoms with Gasteiger partial charge in [-0.2, -0.15) is 5.10 Å². The van der Waals surface area contributed by atoms with Crippen molar-refractivity contribution in [3.8, 4) is 11.4 Å². The van der Waals surface area contributed by atoms with Gasteiger partial charge in [-0.05, 0) is 6.92 Å². The number of hydrogen-bond acceptors (Lipinski definition) is 6. The second-order valence-corrected chi connectivity index (χ2v) is 6.90. The molecule has 8 heteroatoms. The second-order valence-electron chi connectivity index (χ2n) is 4.42. The monoisotopic (exact) mass is 295 g/mol. The van der Waals surface area contributed by atoms with E-state index in [1.807, 2.05) is 6.92 Å². The van der Waals surface area contributed by atoms with Gasteiger partial charge in [0.15, 0.2) is 9.84 Å². The van der Waals surface area contributed by atoms with Gasteiger partial charge in [0.25, 0.3) is 0 Å². The third kappa shape index (κ3) is 3.13. The van der Waals surface area contributed by atoms with Crippen LogP contribution in [0.15, 0.2) is 18.6 Å². The van der Waals surface area contributed by atoms with Gasteiger partial charge in [-0.25, -0.2) is 8.42 Å². The lowest BCUT2D eigenvalue weighted by Gasteiger charge is -2.02. The number of aryl methyl sites for hydroxylation is 2. The van der Waals surface area contributed by atoms with Gasteiger partial charge in [0.2, 0.25) is 0 Å². The topological polar surface area (TPSA) is 104 Å². The van der Waals surface area contributed by atoms with Crippen LogP contribution in [0.25, 0.3) is 11.4 Å². The Morgan fingerprint density at radius 2 is 1.95 bits per heavy atom. The van der Waals surface area contributed by atoms with Crippen LogP contribution in [-0.2, 0) is 16.4 Å². The van der Waals surface area contributed by atoms with Crippen LogP contribution < -0.4 is 5.73 Å². The number of hydrogen-bond donors (Lipinski definition) is 1. The highest BCUT2D eigenvalue weighted by molar-refractivity contribution is 7.91. The zero-order chi connectivity index (χ0) is 14.8. The Morgan fingerprint density at radius 3 is 2.60 bits per heavy atom. The molecule has 2 aromatic heterocycles. The van der Waals surface area contributed by atoms with Gasteiger partial charge < -0.3 is 5.73 Å². The van der Waals surface area contributed by atoms with E-state index in [9.17, 15) is 8.42 Å². The molecular weight excluding hydrogens is 278 g/mol. The third-order valence-corrected chi connectivity index (χ3v) is 4.65. The summed E-state index contributed by atoms with van der Waals surface area (Å²) in [5.74, 6) is 0.170. The van der Waals surface area contributed by atoms with Crippen LogP contribution in [0.5, 0.6) is 0 Å². The zero-order valence-electron chi connectivity index (χ0n) is 11.4. The van der Waals surface area contributed by atoms with Crippen LogP contribution >= 0.6 is 0 Å². The molecule has 0 aliphatic rings. The normalized spacial score (nSPS) is 11.7. The highest BCUT2D eigenvalue weighted by Gasteiger charge is 2.14. The van der Waals surface area contributed by atoms with Crippen molar-refractivity contribution in [1.82, 2.24) is 19.7 Å². The number of nitrogens with two attached hydrogens (primary N) is 1. The van der Waals surface area contributed by atoms with E-state index in [4.69, 9.17) is 5.73 Å². The lowest BCUT2D eigenvalue weighted by atomic mass is 10.2. The molecule has 0 aliphatic heterocycles. The fourth-order valence-corrected chi connectivity index (χ4v) is 2.51. The van der Waals surface area contributed by atoms with Crippen molar-refractivity contribution in [2.45, 2.75) is 20.4 Å². The predicted molar refractivity (Wildman–Crippen MR) is 76.7 cm³/mol. The average Bonchev–Trinajstić information content (AvgIpc) is 2.78. The van der Waals surface area contributed by atoms with Gasteiger partial charge in [0, 0.05) is 24.3 Å². The number of nitrogens with zero attached hydrogens (tertiary/aromatic N) is 4. The van der Waals surface area contributed by atoms with Crippen LogP contribution in [-0.4, -0.2) is 39.7 Å². The fourth-order valence-electron chi connectivity index (χ4n) is 1.75. The molecule has 0 bridgehead atoms. The van der Waals surface area contributed by atoms with E-state index in [-0.39, 0.29) is 18.1 Å². The summed E-state index contributed by atoms with van der Waals surface area (Å²) in [6.45, 7) is 3.73. The Balaban J connectivity index is 2.25. The maximum atomic E-state index is 11.5. The molecule has 2 aromatic rings. The maximum Gasteiger partial charge on any atom is 0.151 e. The van der Waals surface area contributed by atoms with Gasteiger partial charge in [0.05, 0.1) is 23.7 Å². The van der Waals surface area contributed by atoms with Crippen molar-refractivity contribution < 1.29 is 8.42 Å². The van der Waals surface area contributed by atoms with Crippen molar-refractivity contribution in [3.63, 3.8) is 0 Å². The quantitative estimate of drug-likeness (QED) is 0.869. The molecule has 0 aliphatic carbocycles. The Morgan fingerprint density at radius 1 is 1.25 bits per heavy atom. The summed E-state index contributed by atoms with van der Waals surface area (Å²) in [5, 5.41) is 4.30. The molecule has 108 valence electrons. The van der Waals surface area contributed by atoms with E-state index in [2.05, 4.69) is 15.1 Å². The summed E-state index contributed by atoms with van der Waals surface area (Å²) in [7, 11) is -3.02. The minimum atomic E-state index is -3.02. The van der Waals surface area contributed by atoms with Gasteiger partial charge in [-0.1, -0.05) is 6.92 Å². The molecule has 0 saturated carbocycles. The Labute approximate surface area is 117 Å². The van der Waals surface area contributed by atoms with Crippen LogP contribution in [0.2, 0.25) is 0 Å². The Bertz CT molecular complexity index is 708. The van der Waals surface area contributed by atoms with Crippen molar-refractivity contribution in [2.75, 3.05) is 17.2 Å². The van der Waals surface area contributed by atoms with Crippen LogP contribution in [0.4, 0.5) is 5.69 Å². The van der Waals surface area contributed by atoms with E-state index in [0.29, 0.717) is 17.1 Å². The number of sulfone groups is 1.